The van der Waals surface area contributed by atoms with E-state index in [1.54, 1.807) is 0 Å². The first-order valence-corrected chi connectivity index (χ1v) is 6.70. The molecule has 20 heavy (non-hydrogen) atoms. The van der Waals surface area contributed by atoms with E-state index in [-0.39, 0.29) is 5.82 Å². The highest BCUT2D eigenvalue weighted by atomic mass is 19.1. The maximum atomic E-state index is 13.2. The van der Waals surface area contributed by atoms with E-state index in [9.17, 15) is 4.39 Å². The maximum absolute atomic E-state index is 13.2. The summed E-state index contributed by atoms with van der Waals surface area (Å²) in [4.78, 5) is 4.72. The molecule has 0 atom stereocenters. The number of fused-ring (bicyclic) bond motifs is 2. The quantitative estimate of drug-likeness (QED) is 0.725. The zero-order chi connectivity index (χ0) is 13.5. The van der Waals surface area contributed by atoms with Crippen molar-refractivity contribution in [2.24, 2.45) is 0 Å². The molecule has 1 aromatic heterocycles. The Bertz CT molecular complexity index is 794. The smallest absolute Gasteiger partial charge is 0.123 e. The van der Waals surface area contributed by atoms with E-state index < -0.39 is 0 Å². The fraction of sp³-hybridized carbons (Fsp3) is 0.118. The van der Waals surface area contributed by atoms with Crippen LogP contribution >= 0.6 is 0 Å². The molecular weight excluding hydrogens is 251 g/mol. The molecule has 98 valence electrons. The zero-order valence-electron chi connectivity index (χ0n) is 10.9. The fourth-order valence-electron chi connectivity index (χ4n) is 2.89. The Morgan fingerprint density at radius 2 is 1.75 bits per heavy atom. The van der Waals surface area contributed by atoms with Crippen LogP contribution in [0.3, 0.4) is 0 Å². The van der Waals surface area contributed by atoms with Crippen molar-refractivity contribution in [3.05, 3.63) is 65.6 Å². The number of aromatic nitrogens is 1. The lowest BCUT2D eigenvalue weighted by Crippen LogP contribution is -2.00. The second kappa shape index (κ2) is 4.39. The minimum absolute atomic E-state index is 0.207. The molecule has 0 fully saturated rings. The number of benzene rings is 2. The van der Waals surface area contributed by atoms with Gasteiger partial charge in [0, 0.05) is 18.5 Å². The Morgan fingerprint density at radius 1 is 0.950 bits per heavy atom. The van der Waals surface area contributed by atoms with Gasteiger partial charge in [-0.3, -0.25) is 4.98 Å². The van der Waals surface area contributed by atoms with Crippen LogP contribution in [0.25, 0.3) is 22.0 Å². The van der Waals surface area contributed by atoms with Crippen LogP contribution in [-0.2, 0) is 13.1 Å². The first-order chi connectivity index (χ1) is 9.83. The third kappa shape index (κ3) is 1.71. The molecule has 3 heteroatoms. The van der Waals surface area contributed by atoms with Crippen molar-refractivity contribution in [1.82, 2.24) is 10.3 Å². The lowest BCUT2D eigenvalue weighted by atomic mass is 9.95. The number of rotatable bonds is 1. The number of hydrogen-bond acceptors (Lipinski definition) is 2. The summed E-state index contributed by atoms with van der Waals surface area (Å²) in [5.41, 5.74) is 5.55. The van der Waals surface area contributed by atoms with Crippen molar-refractivity contribution < 1.29 is 4.39 Å². The summed E-state index contributed by atoms with van der Waals surface area (Å²) in [5.74, 6) is -0.207. The molecule has 2 aromatic carbocycles. The van der Waals surface area contributed by atoms with Gasteiger partial charge in [-0.15, -0.1) is 0 Å². The van der Waals surface area contributed by atoms with E-state index in [1.807, 2.05) is 30.3 Å². The molecule has 0 radical (unpaired) electrons. The minimum atomic E-state index is -0.207. The minimum Gasteiger partial charge on any atom is -0.307 e. The number of pyridine rings is 1. The van der Waals surface area contributed by atoms with E-state index in [1.165, 1.54) is 23.3 Å². The van der Waals surface area contributed by atoms with E-state index in [0.29, 0.717) is 0 Å². The highest BCUT2D eigenvalue weighted by Gasteiger charge is 2.19. The van der Waals surface area contributed by atoms with Crippen LogP contribution in [0.5, 0.6) is 0 Å². The monoisotopic (exact) mass is 264 g/mol. The van der Waals surface area contributed by atoms with E-state index in [4.69, 9.17) is 4.98 Å². The summed E-state index contributed by atoms with van der Waals surface area (Å²) >= 11 is 0. The highest BCUT2D eigenvalue weighted by Crippen LogP contribution is 2.34. The molecule has 1 aliphatic rings. The van der Waals surface area contributed by atoms with Gasteiger partial charge in [-0.2, -0.15) is 0 Å². The summed E-state index contributed by atoms with van der Waals surface area (Å²) < 4.78 is 13.2. The molecule has 0 saturated carbocycles. The van der Waals surface area contributed by atoms with Crippen LogP contribution in [0.15, 0.2) is 48.5 Å². The standard InChI is InChI=1S/C17H13FN2/c18-12-7-5-11(6-8-12)17-13-3-1-2-4-15(13)20-16-10-19-9-14(16)17/h1-8,19H,9-10H2. The summed E-state index contributed by atoms with van der Waals surface area (Å²) in [6, 6.07) is 14.8. The number of nitrogens with zero attached hydrogens (tertiary/aromatic N) is 1. The van der Waals surface area contributed by atoms with Crippen LogP contribution < -0.4 is 5.32 Å². The van der Waals surface area contributed by atoms with Crippen molar-refractivity contribution in [2.75, 3.05) is 0 Å². The molecule has 0 spiro atoms. The molecule has 1 aliphatic heterocycles. The highest BCUT2D eigenvalue weighted by molar-refractivity contribution is 5.96. The lowest BCUT2D eigenvalue weighted by Gasteiger charge is -2.12. The van der Waals surface area contributed by atoms with Crippen LogP contribution in [-0.4, -0.2) is 4.98 Å². The van der Waals surface area contributed by atoms with Gasteiger partial charge in [0.25, 0.3) is 0 Å². The summed E-state index contributed by atoms with van der Waals surface area (Å²) in [5, 5.41) is 4.47. The largest absolute Gasteiger partial charge is 0.307 e. The average Bonchev–Trinajstić information content (AvgIpc) is 2.93. The Kier molecular flexibility index (Phi) is 2.54. The van der Waals surface area contributed by atoms with Gasteiger partial charge in [-0.05, 0) is 34.9 Å². The number of nitrogens with one attached hydrogen (secondary N) is 1. The fourth-order valence-corrected chi connectivity index (χ4v) is 2.89. The van der Waals surface area contributed by atoms with Crippen molar-refractivity contribution in [3.8, 4) is 11.1 Å². The second-order valence-electron chi connectivity index (χ2n) is 5.04. The predicted octanol–water partition coefficient (Wildman–Crippen LogP) is 3.64. The van der Waals surface area contributed by atoms with Gasteiger partial charge < -0.3 is 5.32 Å². The number of hydrogen-bond donors (Lipinski definition) is 1. The Balaban J connectivity index is 2.08. The van der Waals surface area contributed by atoms with Gasteiger partial charge in [-0.1, -0.05) is 30.3 Å². The second-order valence-corrected chi connectivity index (χ2v) is 5.04. The van der Waals surface area contributed by atoms with Crippen molar-refractivity contribution in [2.45, 2.75) is 13.1 Å². The number of halogens is 1. The zero-order valence-corrected chi connectivity index (χ0v) is 10.9. The molecule has 0 bridgehead atoms. The molecule has 0 amide bonds. The summed E-state index contributed by atoms with van der Waals surface area (Å²) in [6.45, 7) is 1.62. The SMILES string of the molecule is Fc1ccc(-c2c3c(nc4ccccc24)CNC3)cc1. The average molecular weight is 264 g/mol. The van der Waals surface area contributed by atoms with Crippen molar-refractivity contribution in [1.29, 1.82) is 0 Å². The van der Waals surface area contributed by atoms with Gasteiger partial charge in [0.05, 0.1) is 11.2 Å². The van der Waals surface area contributed by atoms with Gasteiger partial charge in [0.1, 0.15) is 5.82 Å². The normalized spacial score (nSPS) is 13.7. The van der Waals surface area contributed by atoms with Gasteiger partial charge in [0.15, 0.2) is 0 Å². The molecule has 0 saturated heterocycles. The van der Waals surface area contributed by atoms with Gasteiger partial charge >= 0.3 is 0 Å². The summed E-state index contributed by atoms with van der Waals surface area (Å²) in [6.07, 6.45) is 0. The first-order valence-electron chi connectivity index (χ1n) is 6.70. The third-order valence-electron chi connectivity index (χ3n) is 3.81. The molecule has 2 nitrogen and oxygen atoms in total. The van der Waals surface area contributed by atoms with Crippen LogP contribution in [0.4, 0.5) is 4.39 Å². The molecule has 3 aromatic rings. The molecule has 1 N–H and O–H groups in total. The van der Waals surface area contributed by atoms with Crippen molar-refractivity contribution in [3.63, 3.8) is 0 Å². The topological polar surface area (TPSA) is 24.9 Å². The van der Waals surface area contributed by atoms with E-state index >= 15 is 0 Å². The molecule has 4 rings (SSSR count). The number of para-hydroxylation sites is 1. The van der Waals surface area contributed by atoms with E-state index in [0.717, 1.165) is 35.2 Å². The Morgan fingerprint density at radius 3 is 2.60 bits per heavy atom. The first kappa shape index (κ1) is 11.6. The summed E-state index contributed by atoms with van der Waals surface area (Å²) in [7, 11) is 0. The predicted molar refractivity (Wildman–Crippen MR) is 77.7 cm³/mol. The molecular formula is C17H13FN2. The van der Waals surface area contributed by atoms with E-state index in [2.05, 4.69) is 11.4 Å². The van der Waals surface area contributed by atoms with Crippen LogP contribution in [0, 0.1) is 5.82 Å². The Hall–Kier alpha value is -2.26. The van der Waals surface area contributed by atoms with Gasteiger partial charge in [0.2, 0.25) is 0 Å². The maximum Gasteiger partial charge on any atom is 0.123 e. The van der Waals surface area contributed by atoms with Crippen LogP contribution in [0.2, 0.25) is 0 Å². The molecule has 2 heterocycles. The Labute approximate surface area is 116 Å². The lowest BCUT2D eigenvalue weighted by molar-refractivity contribution is 0.628. The van der Waals surface area contributed by atoms with Crippen LogP contribution in [0.1, 0.15) is 11.3 Å². The molecule has 0 unspecified atom stereocenters. The van der Waals surface area contributed by atoms with Gasteiger partial charge in [-0.25, -0.2) is 4.39 Å². The third-order valence-corrected chi connectivity index (χ3v) is 3.81. The molecule has 0 aliphatic carbocycles. The van der Waals surface area contributed by atoms with Crippen molar-refractivity contribution >= 4 is 10.9 Å².